The second-order valence-electron chi connectivity index (χ2n) is 8.11. The van der Waals surface area contributed by atoms with E-state index in [1.807, 2.05) is 27.7 Å². The molecular formula is C25H31ClN2O7. The van der Waals surface area contributed by atoms with Crippen LogP contribution in [0.15, 0.2) is 36.4 Å². The van der Waals surface area contributed by atoms with Crippen molar-refractivity contribution in [3.8, 4) is 17.2 Å². The zero-order chi connectivity index (χ0) is 26.1. The Kier molecular flexibility index (Phi) is 10.2. The van der Waals surface area contributed by atoms with E-state index < -0.39 is 11.9 Å². The molecule has 0 saturated carbocycles. The van der Waals surface area contributed by atoms with Gasteiger partial charge in [-0.25, -0.2) is 4.79 Å². The standard InChI is InChI=1S/C25H31ClN2O7/c1-15(2)28(16(3)4)24(30)14-35-25(31)17-7-9-21(22(11-17)33-6)34-13-23(29)27-19-12-18(26)8-10-20(19)32-5/h7-12,15-16H,13-14H2,1-6H3,(H,27,29). The summed E-state index contributed by atoms with van der Waals surface area (Å²) in [6.07, 6.45) is 0. The zero-order valence-electron chi connectivity index (χ0n) is 20.7. The smallest absolute Gasteiger partial charge is 0.338 e. The molecule has 0 atom stereocenters. The number of hydrogen-bond acceptors (Lipinski definition) is 7. The van der Waals surface area contributed by atoms with Crippen LogP contribution in [0.5, 0.6) is 17.2 Å². The normalized spacial score (nSPS) is 10.7. The van der Waals surface area contributed by atoms with Gasteiger partial charge in [0.05, 0.1) is 25.5 Å². The highest BCUT2D eigenvalue weighted by Crippen LogP contribution is 2.30. The fraction of sp³-hybridized carbons (Fsp3) is 0.400. The Labute approximate surface area is 210 Å². The summed E-state index contributed by atoms with van der Waals surface area (Å²) in [5.41, 5.74) is 0.581. The number of hydrogen-bond donors (Lipinski definition) is 1. The fourth-order valence-electron chi connectivity index (χ4n) is 3.48. The number of methoxy groups -OCH3 is 2. The molecule has 2 rings (SSSR count). The molecule has 0 aliphatic rings. The van der Waals surface area contributed by atoms with Gasteiger partial charge in [0, 0.05) is 17.1 Å². The predicted molar refractivity (Wildman–Crippen MR) is 133 cm³/mol. The highest BCUT2D eigenvalue weighted by atomic mass is 35.5. The Morgan fingerprint density at radius 3 is 2.11 bits per heavy atom. The Morgan fingerprint density at radius 1 is 0.886 bits per heavy atom. The first-order chi connectivity index (χ1) is 16.6. The molecule has 9 nitrogen and oxygen atoms in total. The summed E-state index contributed by atoms with van der Waals surface area (Å²) in [5.74, 6) is -0.482. The third-order valence-corrected chi connectivity index (χ3v) is 5.16. The van der Waals surface area contributed by atoms with Crippen molar-refractivity contribution in [2.24, 2.45) is 0 Å². The molecule has 0 aromatic heterocycles. The molecule has 0 aliphatic carbocycles. The van der Waals surface area contributed by atoms with Crippen molar-refractivity contribution in [3.05, 3.63) is 47.0 Å². The van der Waals surface area contributed by atoms with Crippen LogP contribution in [0.1, 0.15) is 38.1 Å². The number of anilines is 1. The molecular weight excluding hydrogens is 476 g/mol. The lowest BCUT2D eigenvalue weighted by Gasteiger charge is -2.30. The van der Waals surface area contributed by atoms with E-state index in [1.54, 1.807) is 23.1 Å². The van der Waals surface area contributed by atoms with E-state index >= 15 is 0 Å². The van der Waals surface area contributed by atoms with Crippen LogP contribution in [0, 0.1) is 0 Å². The molecule has 0 saturated heterocycles. The average molecular weight is 507 g/mol. The number of halogens is 1. The molecule has 35 heavy (non-hydrogen) atoms. The minimum absolute atomic E-state index is 0.0186. The second-order valence-corrected chi connectivity index (χ2v) is 8.55. The number of carbonyl (C=O) groups is 3. The number of ether oxygens (including phenoxy) is 4. The minimum Gasteiger partial charge on any atom is -0.495 e. The van der Waals surface area contributed by atoms with Gasteiger partial charge >= 0.3 is 5.97 Å². The Bertz CT molecular complexity index is 1050. The lowest BCUT2D eigenvalue weighted by Crippen LogP contribution is -2.44. The number of nitrogens with zero attached hydrogens (tertiary/aromatic N) is 1. The summed E-state index contributed by atoms with van der Waals surface area (Å²) < 4.78 is 21.2. The predicted octanol–water partition coefficient (Wildman–Crippen LogP) is 4.18. The molecule has 2 aromatic carbocycles. The first kappa shape index (κ1) is 27.8. The minimum atomic E-state index is -0.679. The van der Waals surface area contributed by atoms with Crippen LogP contribution in [-0.4, -0.2) is 62.2 Å². The van der Waals surface area contributed by atoms with Crippen molar-refractivity contribution >= 4 is 35.1 Å². The summed E-state index contributed by atoms with van der Waals surface area (Å²) in [5, 5.41) is 3.11. The van der Waals surface area contributed by atoms with Crippen LogP contribution in [0.3, 0.4) is 0 Å². The molecule has 10 heteroatoms. The molecule has 0 radical (unpaired) electrons. The molecule has 190 valence electrons. The van der Waals surface area contributed by atoms with Gasteiger partial charge in [-0.1, -0.05) is 11.6 Å². The van der Waals surface area contributed by atoms with Gasteiger partial charge < -0.3 is 29.2 Å². The van der Waals surface area contributed by atoms with Crippen molar-refractivity contribution < 1.29 is 33.3 Å². The van der Waals surface area contributed by atoms with E-state index in [0.29, 0.717) is 16.5 Å². The van der Waals surface area contributed by atoms with Crippen molar-refractivity contribution in [1.29, 1.82) is 0 Å². The van der Waals surface area contributed by atoms with Crippen LogP contribution in [-0.2, 0) is 14.3 Å². The van der Waals surface area contributed by atoms with Crippen LogP contribution in [0.25, 0.3) is 0 Å². The van der Waals surface area contributed by atoms with Crippen molar-refractivity contribution in [2.75, 3.05) is 32.8 Å². The molecule has 0 unspecified atom stereocenters. The van der Waals surface area contributed by atoms with Crippen molar-refractivity contribution in [2.45, 2.75) is 39.8 Å². The maximum atomic E-state index is 12.5. The average Bonchev–Trinajstić information content (AvgIpc) is 2.80. The second kappa shape index (κ2) is 12.9. The third kappa shape index (κ3) is 7.78. The first-order valence-electron chi connectivity index (χ1n) is 11.0. The number of carbonyl (C=O) groups excluding carboxylic acids is 3. The van der Waals surface area contributed by atoms with Gasteiger partial charge in [-0.2, -0.15) is 0 Å². The van der Waals surface area contributed by atoms with E-state index in [-0.39, 0.29) is 48.3 Å². The van der Waals surface area contributed by atoms with Crippen LogP contribution < -0.4 is 19.5 Å². The van der Waals surface area contributed by atoms with Gasteiger partial charge in [-0.05, 0) is 64.1 Å². The number of amides is 2. The van der Waals surface area contributed by atoms with Crippen LogP contribution in [0.4, 0.5) is 5.69 Å². The van der Waals surface area contributed by atoms with Crippen molar-refractivity contribution in [1.82, 2.24) is 4.90 Å². The quantitative estimate of drug-likeness (QED) is 0.456. The molecule has 0 aliphatic heterocycles. The molecule has 0 heterocycles. The topological polar surface area (TPSA) is 103 Å². The molecule has 1 N–H and O–H groups in total. The summed E-state index contributed by atoms with van der Waals surface area (Å²) in [6.45, 7) is 6.89. The number of benzene rings is 2. The van der Waals surface area contributed by atoms with Gasteiger partial charge in [0.2, 0.25) is 0 Å². The summed E-state index contributed by atoms with van der Waals surface area (Å²) in [4.78, 5) is 38.9. The maximum absolute atomic E-state index is 12.5. The van der Waals surface area contributed by atoms with E-state index in [9.17, 15) is 14.4 Å². The Balaban J connectivity index is 2.00. The van der Waals surface area contributed by atoms with Gasteiger partial charge in [0.1, 0.15) is 5.75 Å². The van der Waals surface area contributed by atoms with Gasteiger partial charge in [-0.3, -0.25) is 9.59 Å². The Morgan fingerprint density at radius 2 is 1.51 bits per heavy atom. The maximum Gasteiger partial charge on any atom is 0.338 e. The molecule has 2 amide bonds. The Hall–Kier alpha value is -3.46. The summed E-state index contributed by atoms with van der Waals surface area (Å²) in [6, 6.07) is 9.17. The SMILES string of the molecule is COc1ccc(Cl)cc1NC(=O)COc1ccc(C(=O)OCC(=O)N(C(C)C)C(C)C)cc1OC. The molecule has 0 bridgehead atoms. The fourth-order valence-corrected chi connectivity index (χ4v) is 3.65. The molecule has 0 spiro atoms. The number of nitrogens with one attached hydrogen (secondary N) is 1. The first-order valence-corrected chi connectivity index (χ1v) is 11.4. The third-order valence-electron chi connectivity index (χ3n) is 4.92. The monoisotopic (exact) mass is 506 g/mol. The molecule has 0 fully saturated rings. The van der Waals surface area contributed by atoms with Gasteiger partial charge in [-0.15, -0.1) is 0 Å². The highest BCUT2D eigenvalue weighted by Gasteiger charge is 2.22. The van der Waals surface area contributed by atoms with E-state index in [1.165, 1.54) is 32.4 Å². The zero-order valence-corrected chi connectivity index (χ0v) is 21.5. The molecule has 2 aromatic rings. The number of rotatable bonds is 11. The van der Waals surface area contributed by atoms with Crippen LogP contribution in [0.2, 0.25) is 5.02 Å². The van der Waals surface area contributed by atoms with E-state index in [2.05, 4.69) is 5.32 Å². The largest absolute Gasteiger partial charge is 0.495 e. The lowest BCUT2D eigenvalue weighted by atomic mass is 10.2. The van der Waals surface area contributed by atoms with Gasteiger partial charge in [0.15, 0.2) is 24.7 Å². The van der Waals surface area contributed by atoms with Crippen LogP contribution >= 0.6 is 11.6 Å². The lowest BCUT2D eigenvalue weighted by molar-refractivity contribution is -0.138. The van der Waals surface area contributed by atoms with Crippen molar-refractivity contribution in [3.63, 3.8) is 0 Å². The summed E-state index contributed by atoms with van der Waals surface area (Å²) >= 11 is 5.98. The van der Waals surface area contributed by atoms with E-state index in [0.717, 1.165) is 0 Å². The van der Waals surface area contributed by atoms with E-state index in [4.69, 9.17) is 30.5 Å². The number of esters is 1. The highest BCUT2D eigenvalue weighted by molar-refractivity contribution is 6.31. The summed E-state index contributed by atoms with van der Waals surface area (Å²) in [7, 11) is 2.88. The van der Waals surface area contributed by atoms with Gasteiger partial charge in [0.25, 0.3) is 11.8 Å².